The molecule has 6 heteroatoms. The van der Waals surface area contributed by atoms with E-state index in [1.54, 1.807) is 7.05 Å². The number of carbonyl (C=O) groups is 1. The highest BCUT2D eigenvalue weighted by Crippen LogP contribution is 2.26. The first-order valence-corrected chi connectivity index (χ1v) is 11.9. The lowest BCUT2D eigenvalue weighted by Crippen LogP contribution is -2.39. The topological polar surface area (TPSA) is 55.2 Å². The van der Waals surface area contributed by atoms with Crippen LogP contribution in [0.15, 0.2) is 76.7 Å². The Labute approximate surface area is 194 Å². The van der Waals surface area contributed by atoms with Crippen LogP contribution in [0.25, 0.3) is 0 Å². The molecule has 1 aromatic heterocycles. The molecule has 0 aliphatic rings. The first kappa shape index (κ1) is 23.8. The van der Waals surface area contributed by atoms with Crippen LogP contribution in [0, 0.1) is 6.92 Å². The minimum Gasteiger partial charge on any atom is -0.337 e. The number of aryl methyl sites for hydroxylation is 1. The first-order valence-electron chi connectivity index (χ1n) is 11.1. The van der Waals surface area contributed by atoms with Gasteiger partial charge in [-0.05, 0) is 30.9 Å². The van der Waals surface area contributed by atoms with Crippen LogP contribution in [0.4, 0.5) is 0 Å². The van der Waals surface area contributed by atoms with Gasteiger partial charge in [0.25, 0.3) is 5.56 Å². The summed E-state index contributed by atoms with van der Waals surface area (Å²) in [5.41, 5.74) is 2.88. The molecule has 1 unspecified atom stereocenters. The lowest BCUT2D eigenvalue weighted by molar-refractivity contribution is -0.131. The summed E-state index contributed by atoms with van der Waals surface area (Å²) >= 11 is 1.40. The van der Waals surface area contributed by atoms with Gasteiger partial charge in [0.2, 0.25) is 5.91 Å². The molecule has 0 fully saturated rings. The van der Waals surface area contributed by atoms with E-state index >= 15 is 0 Å². The summed E-state index contributed by atoms with van der Waals surface area (Å²) in [5, 5.41) is 0.295. The number of nitrogens with zero attached hydrogens (tertiary/aromatic N) is 3. The van der Waals surface area contributed by atoms with Crippen LogP contribution in [-0.4, -0.2) is 32.2 Å². The van der Waals surface area contributed by atoms with Crippen molar-refractivity contribution in [3.8, 4) is 0 Å². The Morgan fingerprint density at radius 3 is 2.31 bits per heavy atom. The molecular formula is C26H31N3O2S. The van der Waals surface area contributed by atoms with E-state index < -0.39 is 0 Å². The molecule has 2 aromatic carbocycles. The van der Waals surface area contributed by atoms with E-state index in [9.17, 15) is 9.59 Å². The second-order valence-electron chi connectivity index (χ2n) is 7.95. The standard InChI is InChI=1S/C26H31N3O2S/c1-4-11-23(32-26-27-20(2)18-24(30)28(26)3)25(31)29(19-22-14-9-6-10-15-22)17-16-21-12-7-5-8-13-21/h5-10,12-15,18,23H,4,11,16-17,19H2,1-3H3. The Morgan fingerprint density at radius 2 is 1.69 bits per heavy atom. The maximum atomic E-state index is 13.7. The molecule has 0 N–H and O–H groups in total. The lowest BCUT2D eigenvalue weighted by Gasteiger charge is -2.27. The zero-order valence-corrected chi connectivity index (χ0v) is 19.8. The van der Waals surface area contributed by atoms with Gasteiger partial charge in [0, 0.05) is 31.9 Å². The van der Waals surface area contributed by atoms with Crippen LogP contribution in [0.2, 0.25) is 0 Å². The molecule has 168 valence electrons. The molecule has 5 nitrogen and oxygen atoms in total. The predicted octanol–water partition coefficient (Wildman–Crippen LogP) is 4.62. The molecule has 0 saturated carbocycles. The van der Waals surface area contributed by atoms with Crippen molar-refractivity contribution in [1.82, 2.24) is 14.5 Å². The van der Waals surface area contributed by atoms with Gasteiger partial charge >= 0.3 is 0 Å². The van der Waals surface area contributed by atoms with E-state index in [2.05, 4.69) is 36.2 Å². The summed E-state index contributed by atoms with van der Waals surface area (Å²) in [6.07, 6.45) is 2.40. The van der Waals surface area contributed by atoms with Crippen molar-refractivity contribution in [3.05, 3.63) is 93.9 Å². The van der Waals surface area contributed by atoms with Crippen LogP contribution >= 0.6 is 11.8 Å². The van der Waals surface area contributed by atoms with Crippen LogP contribution < -0.4 is 5.56 Å². The summed E-state index contributed by atoms with van der Waals surface area (Å²) in [7, 11) is 1.71. The molecule has 0 aliphatic heterocycles. The van der Waals surface area contributed by atoms with E-state index in [-0.39, 0.29) is 16.7 Å². The minimum absolute atomic E-state index is 0.0902. The molecule has 1 atom stereocenters. The van der Waals surface area contributed by atoms with Crippen molar-refractivity contribution in [2.75, 3.05) is 6.54 Å². The van der Waals surface area contributed by atoms with E-state index in [4.69, 9.17) is 0 Å². The van der Waals surface area contributed by atoms with Crippen molar-refractivity contribution < 1.29 is 4.79 Å². The van der Waals surface area contributed by atoms with Gasteiger partial charge in [0.05, 0.1) is 5.25 Å². The van der Waals surface area contributed by atoms with Crippen LogP contribution in [0.3, 0.4) is 0 Å². The zero-order chi connectivity index (χ0) is 22.9. The Balaban J connectivity index is 1.84. The van der Waals surface area contributed by atoms with E-state index in [0.717, 1.165) is 24.8 Å². The molecule has 1 amide bonds. The summed E-state index contributed by atoms with van der Waals surface area (Å²) in [6, 6.07) is 21.8. The Hall–Kier alpha value is -2.86. The molecule has 0 saturated heterocycles. The summed E-state index contributed by atoms with van der Waals surface area (Å²) in [4.78, 5) is 32.4. The van der Waals surface area contributed by atoms with Gasteiger partial charge in [-0.25, -0.2) is 4.98 Å². The Bertz CT molecular complexity index is 1070. The number of rotatable bonds is 10. The smallest absolute Gasteiger partial charge is 0.254 e. The SMILES string of the molecule is CCCC(Sc1nc(C)cc(=O)n1C)C(=O)N(CCc1ccccc1)Cc1ccccc1. The molecular weight excluding hydrogens is 418 g/mol. The van der Waals surface area contributed by atoms with Gasteiger partial charge in [-0.1, -0.05) is 85.8 Å². The molecule has 0 radical (unpaired) electrons. The molecule has 0 aliphatic carbocycles. The van der Waals surface area contributed by atoms with Gasteiger partial charge in [-0.15, -0.1) is 0 Å². The summed E-state index contributed by atoms with van der Waals surface area (Å²) in [5.74, 6) is 0.0902. The van der Waals surface area contributed by atoms with Gasteiger partial charge < -0.3 is 4.90 Å². The highest BCUT2D eigenvalue weighted by molar-refractivity contribution is 8.00. The number of hydrogen-bond acceptors (Lipinski definition) is 4. The molecule has 0 spiro atoms. The maximum Gasteiger partial charge on any atom is 0.254 e. The monoisotopic (exact) mass is 449 g/mol. The number of thioether (sulfide) groups is 1. The number of hydrogen-bond donors (Lipinski definition) is 0. The molecule has 32 heavy (non-hydrogen) atoms. The highest BCUT2D eigenvalue weighted by Gasteiger charge is 2.26. The van der Waals surface area contributed by atoms with Gasteiger partial charge in [-0.3, -0.25) is 14.2 Å². The quantitative estimate of drug-likeness (QED) is 0.335. The largest absolute Gasteiger partial charge is 0.337 e. The van der Waals surface area contributed by atoms with Crippen LogP contribution in [0.1, 0.15) is 36.6 Å². The highest BCUT2D eigenvalue weighted by atomic mass is 32.2. The van der Waals surface area contributed by atoms with Crippen LogP contribution in [0.5, 0.6) is 0 Å². The average molecular weight is 450 g/mol. The third-order valence-corrected chi connectivity index (χ3v) is 6.63. The molecule has 0 bridgehead atoms. The summed E-state index contributed by atoms with van der Waals surface area (Å²) < 4.78 is 1.53. The van der Waals surface area contributed by atoms with Crippen molar-refractivity contribution in [2.24, 2.45) is 7.05 Å². The Kier molecular flexibility index (Phi) is 8.68. The van der Waals surface area contributed by atoms with Crippen molar-refractivity contribution in [1.29, 1.82) is 0 Å². The maximum absolute atomic E-state index is 13.7. The van der Waals surface area contributed by atoms with E-state index in [1.165, 1.54) is 28.0 Å². The van der Waals surface area contributed by atoms with E-state index in [0.29, 0.717) is 23.9 Å². The third-order valence-electron chi connectivity index (χ3n) is 5.34. The normalized spacial score (nSPS) is 11.8. The fourth-order valence-electron chi connectivity index (χ4n) is 3.54. The fourth-order valence-corrected chi connectivity index (χ4v) is 4.84. The van der Waals surface area contributed by atoms with Gasteiger partial charge in [0.1, 0.15) is 0 Å². The first-order chi connectivity index (χ1) is 15.5. The van der Waals surface area contributed by atoms with E-state index in [1.807, 2.05) is 48.2 Å². The molecule has 3 aromatic rings. The Morgan fingerprint density at radius 1 is 1.06 bits per heavy atom. The second kappa shape index (κ2) is 11.7. The van der Waals surface area contributed by atoms with Crippen molar-refractivity contribution in [2.45, 2.75) is 50.1 Å². The lowest BCUT2D eigenvalue weighted by atomic mass is 10.1. The second-order valence-corrected chi connectivity index (χ2v) is 9.12. The molecule has 1 heterocycles. The van der Waals surface area contributed by atoms with Crippen LogP contribution in [-0.2, 0) is 24.8 Å². The number of amides is 1. The average Bonchev–Trinajstić information content (AvgIpc) is 2.80. The van der Waals surface area contributed by atoms with Crippen molar-refractivity contribution in [3.63, 3.8) is 0 Å². The number of benzene rings is 2. The van der Waals surface area contributed by atoms with Gasteiger partial charge in [0.15, 0.2) is 5.16 Å². The summed E-state index contributed by atoms with van der Waals surface area (Å²) in [6.45, 7) is 5.09. The zero-order valence-electron chi connectivity index (χ0n) is 19.0. The number of aromatic nitrogens is 2. The number of carbonyl (C=O) groups excluding carboxylic acids is 1. The fraction of sp³-hybridized carbons (Fsp3) is 0.346. The van der Waals surface area contributed by atoms with Gasteiger partial charge in [-0.2, -0.15) is 0 Å². The predicted molar refractivity (Wildman–Crippen MR) is 131 cm³/mol. The van der Waals surface area contributed by atoms with Crippen molar-refractivity contribution >= 4 is 17.7 Å². The molecule has 3 rings (SSSR count). The third kappa shape index (κ3) is 6.57. The minimum atomic E-state index is -0.292.